The summed E-state index contributed by atoms with van der Waals surface area (Å²) < 4.78 is 7.74. The van der Waals surface area contributed by atoms with E-state index in [-0.39, 0.29) is 65.9 Å². The highest BCUT2D eigenvalue weighted by Crippen LogP contribution is 2.33. The molecule has 0 aliphatic rings. The van der Waals surface area contributed by atoms with Crippen LogP contribution in [0.4, 0.5) is 22.7 Å². The van der Waals surface area contributed by atoms with Crippen molar-refractivity contribution in [3.63, 3.8) is 0 Å². The van der Waals surface area contributed by atoms with Gasteiger partial charge in [0.25, 0.3) is 29.5 Å². The van der Waals surface area contributed by atoms with Crippen molar-refractivity contribution in [2.24, 2.45) is 39.3 Å². The molecule has 5 aromatic rings. The van der Waals surface area contributed by atoms with E-state index in [0.717, 1.165) is 8.26 Å². The van der Waals surface area contributed by atoms with Crippen LogP contribution < -0.4 is 43.0 Å². The maximum atomic E-state index is 13.2. The van der Waals surface area contributed by atoms with Crippen LogP contribution in [0, 0.1) is 5.41 Å². The molecule has 5 heterocycles. The second-order valence-corrected chi connectivity index (χ2v) is 18.4. The molecule has 0 bridgehead atoms. The minimum atomic E-state index is -0.484. The molecule has 0 spiro atoms. The van der Waals surface area contributed by atoms with Gasteiger partial charge >= 0.3 is 0 Å². The van der Waals surface area contributed by atoms with Crippen molar-refractivity contribution >= 4 is 107 Å². The second-order valence-electron chi connectivity index (χ2n) is 15.2. The van der Waals surface area contributed by atoms with Gasteiger partial charge in [-0.25, -0.2) is 0 Å². The molecule has 19 nitrogen and oxygen atoms in total. The van der Waals surface area contributed by atoms with Crippen LogP contribution in [0.25, 0.3) is 0 Å². The summed E-state index contributed by atoms with van der Waals surface area (Å²) in [4.78, 5) is 90.3. The number of nitrogens with two attached hydrogens (primary N) is 1. The van der Waals surface area contributed by atoms with Gasteiger partial charge in [-0.2, -0.15) is 0 Å². The monoisotopic (exact) mass is 998 g/mol. The third kappa shape index (κ3) is 12.3. The van der Waals surface area contributed by atoms with Crippen LogP contribution in [-0.2, 0) is 37.8 Å². The van der Waals surface area contributed by atoms with E-state index in [0.29, 0.717) is 40.7 Å². The number of halogens is 2. The third-order valence-corrected chi connectivity index (χ3v) is 12.7. The quantitative estimate of drug-likeness (QED) is 0.0625. The van der Waals surface area contributed by atoms with Crippen LogP contribution >= 0.6 is 43.2 Å². The van der Waals surface area contributed by atoms with Gasteiger partial charge in [-0.3, -0.25) is 33.6 Å². The van der Waals surface area contributed by atoms with Crippen LogP contribution in [0.15, 0.2) is 63.4 Å². The first-order valence-corrected chi connectivity index (χ1v) is 21.5. The highest BCUT2D eigenvalue weighted by atomic mass is 79.9. The number of hydrogen-bond acceptors (Lipinski definition) is 9. The molecule has 0 fully saturated rings. The molecule has 0 aliphatic carbocycles. The second kappa shape index (κ2) is 20.3. The molecule has 0 radical (unpaired) electrons. The van der Waals surface area contributed by atoms with Gasteiger partial charge in [-0.1, -0.05) is 13.8 Å². The van der Waals surface area contributed by atoms with Crippen LogP contribution in [-0.4, -0.2) is 85.8 Å². The fourth-order valence-electron chi connectivity index (χ4n) is 5.96. The zero-order valence-electron chi connectivity index (χ0n) is 34.8. The Balaban J connectivity index is 1.06. The molecule has 9 N–H and O–H groups in total. The largest absolute Gasteiger partial charge is 0.355 e. The summed E-state index contributed by atoms with van der Waals surface area (Å²) in [6.07, 6.45) is 6.36. The first-order chi connectivity index (χ1) is 29.2. The number of thiophene rings is 1. The number of hydrogen-bond donors (Lipinski definition) is 8. The number of aryl methyl sites for hydroxylation is 4. The number of anilines is 4. The Morgan fingerprint density at radius 3 is 1.35 bits per heavy atom. The average molecular weight is 1000 g/mol. The van der Waals surface area contributed by atoms with E-state index >= 15 is 0 Å². The van der Waals surface area contributed by atoms with Gasteiger partial charge in [0.15, 0.2) is 0 Å². The van der Waals surface area contributed by atoms with Crippen molar-refractivity contribution in [3.05, 3.63) is 91.0 Å². The number of nitrogens with zero attached hydrogens (tertiary/aromatic N) is 4. The highest BCUT2D eigenvalue weighted by Gasteiger charge is 2.21. The zero-order chi connectivity index (χ0) is 45.5. The van der Waals surface area contributed by atoms with E-state index in [4.69, 9.17) is 5.73 Å². The molecule has 62 heavy (non-hydrogen) atoms. The minimum absolute atomic E-state index is 0.000801. The molecule has 0 aliphatic heterocycles. The predicted molar refractivity (Wildman–Crippen MR) is 244 cm³/mol. The molecule has 7 amide bonds. The van der Waals surface area contributed by atoms with E-state index in [1.54, 1.807) is 74.2 Å². The van der Waals surface area contributed by atoms with E-state index in [1.807, 2.05) is 13.8 Å². The Morgan fingerprint density at radius 2 is 0.952 bits per heavy atom. The molecule has 330 valence electrons. The molecule has 0 saturated heterocycles. The predicted octanol–water partition coefficient (Wildman–Crippen LogP) is 4.36. The Hall–Kier alpha value is -5.97. The van der Waals surface area contributed by atoms with Crippen molar-refractivity contribution in [2.45, 2.75) is 26.7 Å². The summed E-state index contributed by atoms with van der Waals surface area (Å²) in [5.41, 5.74) is 8.00. The maximum Gasteiger partial charge on any atom is 0.272 e. The lowest BCUT2D eigenvalue weighted by atomic mass is 9.94. The van der Waals surface area contributed by atoms with Crippen LogP contribution in [0.2, 0.25) is 0 Å². The SMILES string of the molecule is Cn1cc(NC(=O)c2cc(NC(=O)CCNC(=O)c3cc(NC(=O)c4cc(NC(=O)c5cc(Br)c(Br)s5)cn4C)cn3C)cn2C)cc1C(=O)NCCC(=O)NCC(C)(C)CN. The Labute approximate surface area is 377 Å². The van der Waals surface area contributed by atoms with Crippen molar-refractivity contribution in [3.8, 4) is 0 Å². The Bertz CT molecular complexity index is 2510. The van der Waals surface area contributed by atoms with Crippen LogP contribution in [0.3, 0.4) is 0 Å². The molecule has 0 saturated carbocycles. The number of aromatic nitrogens is 4. The topological polar surface area (TPSA) is 249 Å². The van der Waals surface area contributed by atoms with Gasteiger partial charge in [0, 0.05) is 89.9 Å². The third-order valence-electron chi connectivity index (χ3n) is 9.47. The van der Waals surface area contributed by atoms with Gasteiger partial charge in [-0.15, -0.1) is 11.3 Å². The van der Waals surface area contributed by atoms with Gasteiger partial charge < -0.3 is 61.2 Å². The average Bonchev–Trinajstić information content (AvgIpc) is 4.02. The maximum absolute atomic E-state index is 13.2. The number of amides is 7. The highest BCUT2D eigenvalue weighted by molar-refractivity contribution is 9.13. The fourth-order valence-corrected chi connectivity index (χ4v) is 7.89. The number of carbonyl (C=O) groups is 7. The zero-order valence-corrected chi connectivity index (χ0v) is 38.8. The molecule has 0 aromatic carbocycles. The first kappa shape index (κ1) is 47.1. The lowest BCUT2D eigenvalue weighted by Crippen LogP contribution is -2.39. The first-order valence-electron chi connectivity index (χ1n) is 19.1. The molecular formula is C40H48Br2N12O7S. The summed E-state index contributed by atoms with van der Waals surface area (Å²) in [6.45, 7) is 4.85. The normalized spacial score (nSPS) is 11.2. The van der Waals surface area contributed by atoms with Crippen LogP contribution in [0.5, 0.6) is 0 Å². The summed E-state index contributed by atoms with van der Waals surface area (Å²) in [7, 11) is 6.61. The standard InChI is InChI=1S/C40H48Br2N12O7S/c1-40(2,20-43)21-46-32(55)7-9-44-35(57)27-12-23(17-51(27)3)48-37(59)29-11-22(16-53(29)5)47-33(56)8-10-45-36(58)28-13-24(18-52(28)4)49-38(60)30-14-25(19-54(30)6)50-39(61)31-15-26(41)34(42)62-31/h11-19H,7-10,20-21,43H2,1-6H3,(H,44,57)(H,45,58)(H,46,55)(H,47,56)(H,48,59)(H,49,60)(H,50,61). The Morgan fingerprint density at radius 1 is 0.565 bits per heavy atom. The van der Waals surface area contributed by atoms with Crippen molar-refractivity contribution in [2.75, 3.05) is 47.4 Å². The van der Waals surface area contributed by atoms with E-state index in [2.05, 4.69) is 69.1 Å². The van der Waals surface area contributed by atoms with Crippen molar-refractivity contribution < 1.29 is 33.6 Å². The van der Waals surface area contributed by atoms with Gasteiger partial charge in [0.1, 0.15) is 22.8 Å². The summed E-state index contributed by atoms with van der Waals surface area (Å²) in [6, 6.07) is 7.75. The fraction of sp³-hybridized carbons (Fsp3) is 0.325. The van der Waals surface area contributed by atoms with E-state index < -0.39 is 29.5 Å². The molecule has 22 heteroatoms. The van der Waals surface area contributed by atoms with E-state index in [1.165, 1.54) is 38.7 Å². The van der Waals surface area contributed by atoms with Gasteiger partial charge in [-0.05, 0) is 74.2 Å². The summed E-state index contributed by atoms with van der Waals surface area (Å²) in [5, 5.41) is 19.3. The molecular weight excluding hydrogens is 952 g/mol. The van der Waals surface area contributed by atoms with Gasteiger partial charge in [0.2, 0.25) is 11.8 Å². The lowest BCUT2D eigenvalue weighted by Gasteiger charge is -2.22. The molecule has 0 atom stereocenters. The van der Waals surface area contributed by atoms with Crippen molar-refractivity contribution in [1.82, 2.24) is 34.2 Å². The summed E-state index contributed by atoms with van der Waals surface area (Å²) in [5.74, 6) is -2.77. The number of carbonyl (C=O) groups excluding carboxylic acids is 7. The van der Waals surface area contributed by atoms with Crippen LogP contribution in [0.1, 0.15) is 78.3 Å². The lowest BCUT2D eigenvalue weighted by molar-refractivity contribution is -0.121. The molecule has 0 unspecified atom stereocenters. The number of rotatable bonds is 18. The summed E-state index contributed by atoms with van der Waals surface area (Å²) >= 11 is 8.01. The minimum Gasteiger partial charge on any atom is -0.355 e. The van der Waals surface area contributed by atoms with E-state index in [9.17, 15) is 33.6 Å². The van der Waals surface area contributed by atoms with Gasteiger partial charge in [0.05, 0.1) is 31.4 Å². The van der Waals surface area contributed by atoms with Crippen molar-refractivity contribution in [1.29, 1.82) is 0 Å². The molecule has 5 rings (SSSR count). The Kier molecular flexibility index (Phi) is 15.4. The molecule has 5 aromatic heterocycles. The smallest absolute Gasteiger partial charge is 0.272 e. The number of nitrogens with one attached hydrogen (secondary N) is 7.